The van der Waals surface area contributed by atoms with E-state index < -0.39 is 4.92 Å². The van der Waals surface area contributed by atoms with Crippen LogP contribution in [-0.4, -0.2) is 21.6 Å². The Morgan fingerprint density at radius 2 is 1.96 bits per heavy atom. The van der Waals surface area contributed by atoms with E-state index in [-0.39, 0.29) is 18.0 Å². The van der Waals surface area contributed by atoms with E-state index >= 15 is 0 Å². The Balaban J connectivity index is 1.72. The number of non-ortho nitro benzene ring substituents is 1. The highest BCUT2D eigenvalue weighted by atomic mass is 16.6. The SMILES string of the molecule is C=CCn1c(C)c(/C=N\NC(=O)Cc2ccc([N+](=O)[O-])cc2)c2ccccc21. The first kappa shape index (κ1) is 19.0. The third-order valence-electron chi connectivity index (χ3n) is 4.49. The van der Waals surface area contributed by atoms with Gasteiger partial charge in [0.1, 0.15) is 0 Å². The second-order valence-corrected chi connectivity index (χ2v) is 6.31. The molecule has 1 heterocycles. The van der Waals surface area contributed by atoms with Crippen molar-refractivity contribution in [3.05, 3.63) is 88.1 Å². The third kappa shape index (κ3) is 3.98. The van der Waals surface area contributed by atoms with Gasteiger partial charge in [0.25, 0.3) is 5.69 Å². The molecule has 0 radical (unpaired) electrons. The second-order valence-electron chi connectivity index (χ2n) is 6.31. The minimum Gasteiger partial charge on any atom is -0.340 e. The van der Waals surface area contributed by atoms with Crippen LogP contribution in [0.25, 0.3) is 10.9 Å². The van der Waals surface area contributed by atoms with Crippen LogP contribution >= 0.6 is 0 Å². The molecule has 0 aliphatic rings. The monoisotopic (exact) mass is 376 g/mol. The maximum absolute atomic E-state index is 12.1. The molecule has 0 spiro atoms. The Morgan fingerprint density at radius 1 is 1.25 bits per heavy atom. The number of hydrogen-bond donors (Lipinski definition) is 1. The fourth-order valence-corrected chi connectivity index (χ4v) is 3.11. The van der Waals surface area contributed by atoms with Crippen molar-refractivity contribution in [2.75, 3.05) is 0 Å². The van der Waals surface area contributed by atoms with E-state index in [1.165, 1.54) is 12.1 Å². The number of nitrogens with zero attached hydrogens (tertiary/aromatic N) is 3. The van der Waals surface area contributed by atoms with Crippen molar-refractivity contribution in [1.29, 1.82) is 0 Å². The number of nitro benzene ring substituents is 1. The van der Waals surface area contributed by atoms with Crippen LogP contribution < -0.4 is 5.43 Å². The quantitative estimate of drug-likeness (QED) is 0.295. The summed E-state index contributed by atoms with van der Waals surface area (Å²) in [5.74, 6) is -0.294. The summed E-state index contributed by atoms with van der Waals surface area (Å²) in [6.07, 6.45) is 3.57. The first-order valence-electron chi connectivity index (χ1n) is 8.75. The number of fused-ring (bicyclic) bond motifs is 1. The summed E-state index contributed by atoms with van der Waals surface area (Å²) in [6, 6.07) is 13.9. The average Bonchev–Trinajstić information content (AvgIpc) is 2.95. The molecule has 3 aromatic rings. The van der Waals surface area contributed by atoms with E-state index in [9.17, 15) is 14.9 Å². The van der Waals surface area contributed by atoms with Crippen molar-refractivity contribution in [1.82, 2.24) is 9.99 Å². The van der Waals surface area contributed by atoms with Crippen LogP contribution in [0.3, 0.4) is 0 Å². The summed E-state index contributed by atoms with van der Waals surface area (Å²) in [5.41, 5.74) is 6.25. The number of benzene rings is 2. The molecule has 0 atom stereocenters. The van der Waals surface area contributed by atoms with Crippen LogP contribution in [-0.2, 0) is 17.8 Å². The summed E-state index contributed by atoms with van der Waals surface area (Å²) < 4.78 is 2.14. The highest BCUT2D eigenvalue weighted by molar-refractivity contribution is 6.01. The highest BCUT2D eigenvalue weighted by Gasteiger charge is 2.11. The molecule has 0 saturated heterocycles. The summed E-state index contributed by atoms with van der Waals surface area (Å²) >= 11 is 0. The lowest BCUT2D eigenvalue weighted by molar-refractivity contribution is -0.384. The molecule has 142 valence electrons. The third-order valence-corrected chi connectivity index (χ3v) is 4.49. The summed E-state index contributed by atoms with van der Waals surface area (Å²) in [6.45, 7) is 6.50. The Kier molecular flexibility index (Phi) is 5.64. The molecular weight excluding hydrogens is 356 g/mol. The van der Waals surface area contributed by atoms with Gasteiger partial charge in [-0.15, -0.1) is 6.58 Å². The zero-order valence-electron chi connectivity index (χ0n) is 15.5. The number of amides is 1. The van der Waals surface area contributed by atoms with Crippen molar-refractivity contribution in [3.8, 4) is 0 Å². The number of hydrogen-bond acceptors (Lipinski definition) is 4. The topological polar surface area (TPSA) is 89.5 Å². The van der Waals surface area contributed by atoms with E-state index in [4.69, 9.17) is 0 Å². The maximum Gasteiger partial charge on any atom is 0.269 e. The first-order valence-corrected chi connectivity index (χ1v) is 8.75. The van der Waals surface area contributed by atoms with Crippen LogP contribution in [0.15, 0.2) is 66.3 Å². The van der Waals surface area contributed by atoms with Crippen molar-refractivity contribution < 1.29 is 9.72 Å². The van der Waals surface area contributed by atoms with Gasteiger partial charge >= 0.3 is 0 Å². The number of carbonyl (C=O) groups is 1. The molecule has 0 fully saturated rings. The van der Waals surface area contributed by atoms with Gasteiger partial charge in [0, 0.05) is 40.8 Å². The van der Waals surface area contributed by atoms with Crippen molar-refractivity contribution in [3.63, 3.8) is 0 Å². The van der Waals surface area contributed by atoms with E-state index in [2.05, 4.69) is 21.7 Å². The van der Waals surface area contributed by atoms with E-state index in [0.717, 1.165) is 22.2 Å². The minimum absolute atomic E-state index is 0.00596. The van der Waals surface area contributed by atoms with Crippen LogP contribution in [0.5, 0.6) is 0 Å². The number of hydrazone groups is 1. The van der Waals surface area contributed by atoms with E-state index in [0.29, 0.717) is 12.1 Å². The van der Waals surface area contributed by atoms with Crippen LogP contribution in [0.2, 0.25) is 0 Å². The molecule has 0 aliphatic heterocycles. The molecule has 7 heteroatoms. The number of allylic oxidation sites excluding steroid dienone is 1. The number of nitrogens with one attached hydrogen (secondary N) is 1. The van der Waals surface area contributed by atoms with Gasteiger partial charge in [0.15, 0.2) is 0 Å². The fourth-order valence-electron chi connectivity index (χ4n) is 3.11. The summed E-state index contributed by atoms with van der Waals surface area (Å²) in [4.78, 5) is 22.3. The molecule has 0 unspecified atom stereocenters. The number of nitro groups is 1. The van der Waals surface area contributed by atoms with Gasteiger partial charge in [-0.3, -0.25) is 14.9 Å². The predicted molar refractivity (Wildman–Crippen MR) is 109 cm³/mol. The van der Waals surface area contributed by atoms with Gasteiger partial charge in [0.05, 0.1) is 17.6 Å². The number of rotatable bonds is 7. The van der Waals surface area contributed by atoms with E-state index in [1.54, 1.807) is 18.3 Å². The zero-order chi connectivity index (χ0) is 20.1. The standard InChI is InChI=1S/C21H20N4O3/c1-3-12-24-15(2)19(18-6-4-5-7-20(18)24)14-22-23-21(26)13-16-8-10-17(11-9-16)25(27)28/h3-11,14H,1,12-13H2,2H3,(H,23,26)/b22-14-. The Bertz CT molecular complexity index is 1070. The van der Waals surface area contributed by atoms with Crippen molar-refractivity contribution in [2.45, 2.75) is 19.9 Å². The van der Waals surface area contributed by atoms with Crippen molar-refractivity contribution >= 4 is 28.7 Å². The number of para-hydroxylation sites is 1. The lowest BCUT2D eigenvalue weighted by Crippen LogP contribution is -2.19. The van der Waals surface area contributed by atoms with Crippen LogP contribution in [0, 0.1) is 17.0 Å². The van der Waals surface area contributed by atoms with Gasteiger partial charge in [-0.05, 0) is 18.6 Å². The molecule has 0 aliphatic carbocycles. The van der Waals surface area contributed by atoms with Gasteiger partial charge < -0.3 is 4.57 Å². The largest absolute Gasteiger partial charge is 0.340 e. The molecule has 0 bridgehead atoms. The second kappa shape index (κ2) is 8.30. The predicted octanol–water partition coefficient (Wildman–Crippen LogP) is 3.74. The summed E-state index contributed by atoms with van der Waals surface area (Å²) in [5, 5.41) is 15.8. The molecular formula is C21H20N4O3. The van der Waals surface area contributed by atoms with E-state index in [1.807, 2.05) is 37.3 Å². The molecule has 0 saturated carbocycles. The Morgan fingerprint density at radius 3 is 2.64 bits per heavy atom. The molecule has 1 N–H and O–H groups in total. The Labute approximate surface area is 162 Å². The summed E-state index contributed by atoms with van der Waals surface area (Å²) in [7, 11) is 0. The van der Waals surface area contributed by atoms with Gasteiger partial charge in [0.2, 0.25) is 5.91 Å². The zero-order valence-corrected chi connectivity index (χ0v) is 15.5. The molecule has 1 aromatic heterocycles. The van der Waals surface area contributed by atoms with Crippen LogP contribution in [0.1, 0.15) is 16.8 Å². The molecule has 28 heavy (non-hydrogen) atoms. The lowest BCUT2D eigenvalue weighted by atomic mass is 10.1. The average molecular weight is 376 g/mol. The van der Waals surface area contributed by atoms with Gasteiger partial charge in [-0.2, -0.15) is 5.10 Å². The normalized spacial score (nSPS) is 11.0. The first-order chi connectivity index (χ1) is 13.5. The Hall–Kier alpha value is -3.74. The lowest BCUT2D eigenvalue weighted by Gasteiger charge is -2.04. The van der Waals surface area contributed by atoms with Crippen molar-refractivity contribution in [2.24, 2.45) is 5.10 Å². The molecule has 3 rings (SSSR count). The smallest absolute Gasteiger partial charge is 0.269 e. The number of aromatic nitrogens is 1. The maximum atomic E-state index is 12.1. The minimum atomic E-state index is -0.473. The van der Waals surface area contributed by atoms with Gasteiger partial charge in [-0.1, -0.05) is 36.4 Å². The number of carbonyl (C=O) groups excluding carboxylic acids is 1. The molecule has 7 nitrogen and oxygen atoms in total. The highest BCUT2D eigenvalue weighted by Crippen LogP contribution is 2.24. The van der Waals surface area contributed by atoms with Crippen LogP contribution in [0.4, 0.5) is 5.69 Å². The van der Waals surface area contributed by atoms with Gasteiger partial charge in [-0.25, -0.2) is 5.43 Å². The fraction of sp³-hybridized carbons (Fsp3) is 0.143. The molecule has 1 amide bonds. The molecule has 2 aromatic carbocycles.